The van der Waals surface area contributed by atoms with E-state index in [2.05, 4.69) is 5.32 Å². The summed E-state index contributed by atoms with van der Waals surface area (Å²) in [5.41, 5.74) is 0.857. The van der Waals surface area contributed by atoms with E-state index in [0.717, 1.165) is 26.3 Å². The average molecular weight is 523 g/mol. The van der Waals surface area contributed by atoms with Crippen molar-refractivity contribution in [1.82, 2.24) is 14.5 Å². The Balaban J connectivity index is 2.43. The first-order valence-electron chi connectivity index (χ1n) is 11.6. The van der Waals surface area contributed by atoms with E-state index in [4.69, 9.17) is 4.74 Å². The van der Waals surface area contributed by atoms with Crippen molar-refractivity contribution in [1.29, 1.82) is 0 Å². The Hall–Kier alpha value is -3.18. The molecule has 0 aromatic heterocycles. The van der Waals surface area contributed by atoms with Gasteiger partial charge in [-0.15, -0.1) is 0 Å². The number of amides is 2. The highest BCUT2D eigenvalue weighted by atomic mass is 32.2. The Kier molecular flexibility index (Phi) is 10.2. The van der Waals surface area contributed by atoms with Crippen LogP contribution in [0.25, 0.3) is 0 Å². The van der Waals surface area contributed by atoms with Gasteiger partial charge in [0.25, 0.3) is 0 Å². The normalized spacial score (nSPS) is 13.1. The molecular weight excluding hydrogens is 487 g/mol. The van der Waals surface area contributed by atoms with Crippen LogP contribution in [0, 0.1) is 5.82 Å². The van der Waals surface area contributed by atoms with Crippen LogP contribution in [0.3, 0.4) is 0 Å². The van der Waals surface area contributed by atoms with Crippen molar-refractivity contribution in [2.75, 3.05) is 32.1 Å². The second-order valence-corrected chi connectivity index (χ2v) is 10.7. The molecule has 2 aromatic rings. The summed E-state index contributed by atoms with van der Waals surface area (Å²) in [6.07, 6.45) is 0.713. The predicted molar refractivity (Wildman–Crippen MR) is 137 cm³/mol. The lowest BCUT2D eigenvalue weighted by atomic mass is 10.1. The fourth-order valence-electron chi connectivity index (χ4n) is 3.30. The number of methoxy groups -OCH3 is 1. The number of nitrogens with one attached hydrogen (secondary N) is 1. The fraction of sp³-hybridized carbons (Fsp3) is 0.440. The third kappa shape index (κ3) is 7.41. The lowest BCUT2D eigenvalue weighted by Crippen LogP contribution is -2.53. The summed E-state index contributed by atoms with van der Waals surface area (Å²) < 4.78 is 46.7. The van der Waals surface area contributed by atoms with Crippen molar-refractivity contribution in [3.63, 3.8) is 0 Å². The Labute approximate surface area is 213 Å². The van der Waals surface area contributed by atoms with Gasteiger partial charge in [0.05, 0.1) is 12.8 Å². The minimum absolute atomic E-state index is 0.0667. The number of anilines is 1. The van der Waals surface area contributed by atoms with Crippen LogP contribution in [0.1, 0.15) is 32.8 Å². The van der Waals surface area contributed by atoms with Crippen LogP contribution in [-0.4, -0.2) is 69.3 Å². The summed E-state index contributed by atoms with van der Waals surface area (Å²) in [7, 11) is 0.120. The average Bonchev–Trinajstić information content (AvgIpc) is 2.85. The lowest BCUT2D eigenvalue weighted by molar-refractivity contribution is -0.139. The van der Waals surface area contributed by atoms with E-state index in [1.54, 1.807) is 38.3 Å². The minimum Gasteiger partial charge on any atom is -0.497 e. The topological polar surface area (TPSA) is 99.3 Å². The van der Waals surface area contributed by atoms with Gasteiger partial charge in [0.1, 0.15) is 24.2 Å². The van der Waals surface area contributed by atoms with Gasteiger partial charge >= 0.3 is 10.2 Å². The van der Waals surface area contributed by atoms with E-state index in [0.29, 0.717) is 12.2 Å². The molecular formula is C25H35FN4O5S. The van der Waals surface area contributed by atoms with Gasteiger partial charge in [-0.3, -0.25) is 9.59 Å². The number of nitrogens with zero attached hydrogens (tertiary/aromatic N) is 3. The monoisotopic (exact) mass is 522 g/mol. The van der Waals surface area contributed by atoms with Gasteiger partial charge in [-0.25, -0.2) is 8.70 Å². The number of ether oxygens (including phenoxy) is 1. The van der Waals surface area contributed by atoms with E-state index in [9.17, 15) is 22.4 Å². The van der Waals surface area contributed by atoms with Crippen LogP contribution in [0.5, 0.6) is 5.75 Å². The van der Waals surface area contributed by atoms with E-state index in [1.165, 1.54) is 31.1 Å². The van der Waals surface area contributed by atoms with Crippen LogP contribution < -0.4 is 14.4 Å². The summed E-state index contributed by atoms with van der Waals surface area (Å²) in [5.74, 6) is -0.843. The molecule has 0 aliphatic heterocycles. The van der Waals surface area contributed by atoms with E-state index < -0.39 is 34.5 Å². The summed E-state index contributed by atoms with van der Waals surface area (Å²) in [5, 5.41) is 2.87. The van der Waals surface area contributed by atoms with Gasteiger partial charge in [0, 0.05) is 26.7 Å². The molecule has 0 saturated heterocycles. The molecule has 2 amide bonds. The first-order chi connectivity index (χ1) is 16.9. The molecule has 0 heterocycles. The van der Waals surface area contributed by atoms with Crippen LogP contribution >= 0.6 is 0 Å². The molecule has 0 radical (unpaired) electrons. The number of carbonyl (C=O) groups excluding carboxylic acids is 2. The van der Waals surface area contributed by atoms with Gasteiger partial charge in [-0.1, -0.05) is 19.1 Å². The maximum atomic E-state index is 13.6. The van der Waals surface area contributed by atoms with Gasteiger partial charge in [0.2, 0.25) is 11.8 Å². The molecule has 2 atom stereocenters. The number of carbonyl (C=O) groups is 2. The Bertz CT molecular complexity index is 1120. The third-order valence-electron chi connectivity index (χ3n) is 5.81. The van der Waals surface area contributed by atoms with Crippen molar-refractivity contribution in [3.05, 3.63) is 59.9 Å². The van der Waals surface area contributed by atoms with Crippen molar-refractivity contribution in [3.8, 4) is 5.75 Å². The summed E-state index contributed by atoms with van der Waals surface area (Å²) >= 11 is 0. The maximum Gasteiger partial charge on any atom is 0.304 e. The molecule has 0 bridgehead atoms. The first kappa shape index (κ1) is 29.1. The molecule has 198 valence electrons. The van der Waals surface area contributed by atoms with Crippen molar-refractivity contribution < 1.29 is 27.1 Å². The maximum absolute atomic E-state index is 13.6. The molecule has 1 N–H and O–H groups in total. The van der Waals surface area contributed by atoms with Crippen molar-refractivity contribution >= 4 is 27.7 Å². The van der Waals surface area contributed by atoms with Crippen LogP contribution in [0.4, 0.5) is 10.1 Å². The standard InChI is InChI=1S/C25H35FN4O5S/c1-7-18(2)27-25(32)19(3)29(16-20-8-14-23(35-6)15-9-20)24(31)17-30(36(33,34)28(4)5)22-12-10-21(26)11-13-22/h8-15,18-19H,7,16-17H2,1-6H3,(H,27,32)/t18-,19+/m1/s1. The van der Waals surface area contributed by atoms with Crippen molar-refractivity contribution in [2.45, 2.75) is 45.8 Å². The molecule has 11 heteroatoms. The van der Waals surface area contributed by atoms with Crippen molar-refractivity contribution in [2.24, 2.45) is 0 Å². The third-order valence-corrected chi connectivity index (χ3v) is 7.63. The van der Waals surface area contributed by atoms with E-state index in [-0.39, 0.29) is 24.2 Å². The molecule has 0 aliphatic carbocycles. The Morgan fingerprint density at radius 1 is 1.03 bits per heavy atom. The molecule has 9 nitrogen and oxygen atoms in total. The van der Waals surface area contributed by atoms with Gasteiger partial charge in [-0.2, -0.15) is 12.7 Å². The highest BCUT2D eigenvalue weighted by molar-refractivity contribution is 7.90. The van der Waals surface area contributed by atoms with Crippen LogP contribution in [0.2, 0.25) is 0 Å². The number of halogens is 1. The summed E-state index contributed by atoms with van der Waals surface area (Å²) in [4.78, 5) is 27.9. The summed E-state index contributed by atoms with van der Waals surface area (Å²) in [6.45, 7) is 4.88. The fourth-order valence-corrected chi connectivity index (χ4v) is 4.36. The summed E-state index contributed by atoms with van der Waals surface area (Å²) in [6, 6.07) is 10.9. The van der Waals surface area contributed by atoms with Crippen LogP contribution in [0.15, 0.2) is 48.5 Å². The second-order valence-electron chi connectivity index (χ2n) is 8.64. The Morgan fingerprint density at radius 2 is 1.61 bits per heavy atom. The first-order valence-corrected chi connectivity index (χ1v) is 13.0. The minimum atomic E-state index is -4.10. The zero-order valence-electron chi connectivity index (χ0n) is 21.6. The van der Waals surface area contributed by atoms with Gasteiger partial charge in [0.15, 0.2) is 0 Å². The zero-order valence-corrected chi connectivity index (χ0v) is 22.4. The Morgan fingerprint density at radius 3 is 2.11 bits per heavy atom. The molecule has 0 aliphatic rings. The number of benzene rings is 2. The molecule has 2 aromatic carbocycles. The van der Waals surface area contributed by atoms with E-state index in [1.807, 2.05) is 13.8 Å². The molecule has 2 rings (SSSR count). The number of hydrogen-bond acceptors (Lipinski definition) is 5. The lowest BCUT2D eigenvalue weighted by Gasteiger charge is -2.33. The highest BCUT2D eigenvalue weighted by Crippen LogP contribution is 2.22. The molecule has 0 saturated carbocycles. The second kappa shape index (κ2) is 12.7. The molecule has 36 heavy (non-hydrogen) atoms. The quantitative estimate of drug-likeness (QED) is 0.462. The number of rotatable bonds is 12. The molecule has 0 spiro atoms. The molecule has 0 fully saturated rings. The van der Waals surface area contributed by atoms with E-state index >= 15 is 0 Å². The van der Waals surface area contributed by atoms with Crippen LogP contribution in [-0.2, 0) is 26.3 Å². The predicted octanol–water partition coefficient (Wildman–Crippen LogP) is 2.78. The largest absolute Gasteiger partial charge is 0.497 e. The smallest absolute Gasteiger partial charge is 0.304 e. The molecule has 0 unspecified atom stereocenters. The highest BCUT2D eigenvalue weighted by Gasteiger charge is 2.32. The SMILES string of the molecule is CC[C@@H](C)NC(=O)[C@H](C)N(Cc1ccc(OC)cc1)C(=O)CN(c1ccc(F)cc1)S(=O)(=O)N(C)C. The van der Waals surface area contributed by atoms with Gasteiger partial charge in [-0.05, 0) is 62.2 Å². The zero-order chi connectivity index (χ0) is 27.0. The van der Waals surface area contributed by atoms with Gasteiger partial charge < -0.3 is 15.0 Å². The number of hydrogen-bond donors (Lipinski definition) is 1.